The molecule has 24 heavy (non-hydrogen) atoms. The van der Waals surface area contributed by atoms with E-state index in [4.69, 9.17) is 0 Å². The molecule has 3 heterocycles. The van der Waals surface area contributed by atoms with E-state index in [1.807, 2.05) is 42.5 Å². The largest absolute Gasteiger partial charge is 0.265 e. The summed E-state index contributed by atoms with van der Waals surface area (Å²) in [6.07, 6.45) is 14.0. The van der Waals surface area contributed by atoms with Gasteiger partial charge in [-0.2, -0.15) is 0 Å². The molecule has 0 aliphatic carbocycles. The first-order valence-electron chi connectivity index (χ1n) is 7.38. The molecule has 0 unspecified atom stereocenters. The third-order valence-electron chi connectivity index (χ3n) is 2.78. The molecule has 3 aromatic rings. The van der Waals surface area contributed by atoms with Gasteiger partial charge in [-0.25, -0.2) is 0 Å². The van der Waals surface area contributed by atoms with Crippen molar-refractivity contribution < 1.29 is 0 Å². The summed E-state index contributed by atoms with van der Waals surface area (Å²) in [5.74, 6) is 0. The third-order valence-corrected chi connectivity index (χ3v) is 2.78. The quantitative estimate of drug-likeness (QED) is 0.669. The molecule has 0 fully saturated rings. The Bertz CT molecular complexity index is 604. The van der Waals surface area contributed by atoms with Crippen LogP contribution in [0.5, 0.6) is 0 Å². The highest BCUT2D eigenvalue weighted by Gasteiger charge is 1.78. The van der Waals surface area contributed by atoms with E-state index in [1.165, 1.54) is 0 Å². The zero-order chi connectivity index (χ0) is 17.5. The predicted molar refractivity (Wildman–Crippen MR) is 103 cm³/mol. The third kappa shape index (κ3) is 8.20. The Morgan fingerprint density at radius 3 is 1.33 bits per heavy atom. The van der Waals surface area contributed by atoms with E-state index in [-0.39, 0.29) is 0 Å². The molecule has 0 aromatic carbocycles. The van der Waals surface area contributed by atoms with Crippen LogP contribution in [0, 0.1) is 0 Å². The van der Waals surface area contributed by atoms with E-state index in [9.17, 15) is 0 Å². The zero-order valence-corrected chi connectivity index (χ0v) is 13.6. The molecule has 3 nitrogen and oxygen atoms in total. The lowest BCUT2D eigenvalue weighted by molar-refractivity contribution is 1.30. The van der Waals surface area contributed by atoms with E-state index in [2.05, 4.69) is 34.7 Å². The lowest BCUT2D eigenvalue weighted by atomic mass is 10.3. The summed E-state index contributed by atoms with van der Waals surface area (Å²) in [6, 6.07) is 13.4. The molecule has 120 valence electrons. The Balaban J connectivity index is 0.000000180. The van der Waals surface area contributed by atoms with Crippen molar-refractivity contribution in [3.8, 4) is 0 Å². The van der Waals surface area contributed by atoms with Crippen molar-refractivity contribution in [3.05, 3.63) is 110 Å². The summed E-state index contributed by atoms with van der Waals surface area (Å²) in [5.41, 5.74) is 3.15. The lowest BCUT2D eigenvalue weighted by Crippen LogP contribution is -1.73. The second kappa shape index (κ2) is 12.2. The van der Waals surface area contributed by atoms with Crippen LogP contribution >= 0.6 is 0 Å². The average molecular weight is 315 g/mol. The Kier molecular flexibility index (Phi) is 9.54. The maximum Gasteiger partial charge on any atom is 0.0623 e. The molecule has 0 N–H and O–H groups in total. The van der Waals surface area contributed by atoms with Gasteiger partial charge in [0, 0.05) is 31.0 Å². The second-order valence-electron chi connectivity index (χ2n) is 4.43. The highest BCUT2D eigenvalue weighted by molar-refractivity contribution is 5.45. The minimum absolute atomic E-state index is 0.924. The van der Waals surface area contributed by atoms with E-state index in [0.717, 1.165) is 16.8 Å². The van der Waals surface area contributed by atoms with Crippen LogP contribution in [0.1, 0.15) is 16.8 Å². The Hall–Kier alpha value is -3.33. The molecule has 0 radical (unpaired) electrons. The summed E-state index contributed by atoms with van der Waals surface area (Å²) in [5, 5.41) is 0. The van der Waals surface area contributed by atoms with Crippen molar-refractivity contribution in [2.75, 3.05) is 0 Å². The standard InChI is InChI=1S/3C7H7N/c2*1-2-7-3-5-8-6-4-7;1-2-7-5-3-4-6-8-7/h3*2-6H,1H2. The van der Waals surface area contributed by atoms with Gasteiger partial charge in [-0.15, -0.1) is 0 Å². The molecule has 0 spiro atoms. The van der Waals surface area contributed by atoms with E-state index < -0.39 is 0 Å². The molecule has 0 saturated carbocycles. The topological polar surface area (TPSA) is 38.7 Å². The van der Waals surface area contributed by atoms with Crippen LogP contribution in [0.2, 0.25) is 0 Å². The van der Waals surface area contributed by atoms with Gasteiger partial charge >= 0.3 is 0 Å². The summed E-state index contributed by atoms with van der Waals surface area (Å²) < 4.78 is 0. The normalized spacial score (nSPS) is 8.50. The number of hydrogen-bond acceptors (Lipinski definition) is 3. The molecule has 0 aliphatic rings. The maximum absolute atomic E-state index is 3.98. The molecule has 3 rings (SSSR count). The molecule has 0 atom stereocenters. The molecular formula is C21H21N3. The van der Waals surface area contributed by atoms with Crippen LogP contribution in [0.15, 0.2) is 93.2 Å². The molecule has 3 heteroatoms. The maximum atomic E-state index is 3.98. The van der Waals surface area contributed by atoms with E-state index in [1.54, 1.807) is 49.2 Å². The number of nitrogens with zero attached hydrogens (tertiary/aromatic N) is 3. The first-order chi connectivity index (χ1) is 11.8. The molecule has 0 bridgehead atoms. The summed E-state index contributed by atoms with van der Waals surface area (Å²) in [7, 11) is 0. The first-order valence-corrected chi connectivity index (χ1v) is 7.38. The van der Waals surface area contributed by atoms with Crippen molar-refractivity contribution in [1.82, 2.24) is 15.0 Å². The highest BCUT2D eigenvalue weighted by Crippen LogP contribution is 1.95. The van der Waals surface area contributed by atoms with Gasteiger partial charge in [-0.1, -0.05) is 38.0 Å². The summed E-state index contributed by atoms with van der Waals surface area (Å²) in [6.45, 7) is 10.8. The van der Waals surface area contributed by atoms with Crippen LogP contribution < -0.4 is 0 Å². The number of aromatic nitrogens is 3. The molecule has 0 saturated heterocycles. The lowest BCUT2D eigenvalue weighted by Gasteiger charge is -1.84. The van der Waals surface area contributed by atoms with Crippen LogP contribution in [-0.2, 0) is 0 Å². The monoisotopic (exact) mass is 315 g/mol. The Labute approximate surface area is 143 Å². The van der Waals surface area contributed by atoms with E-state index in [0.29, 0.717) is 0 Å². The average Bonchev–Trinajstić information content (AvgIpc) is 2.71. The van der Waals surface area contributed by atoms with Crippen molar-refractivity contribution in [1.29, 1.82) is 0 Å². The van der Waals surface area contributed by atoms with Gasteiger partial charge in [0.2, 0.25) is 0 Å². The highest BCUT2D eigenvalue weighted by atomic mass is 14.6. The van der Waals surface area contributed by atoms with Crippen LogP contribution in [-0.4, -0.2) is 15.0 Å². The minimum Gasteiger partial charge on any atom is -0.265 e. The van der Waals surface area contributed by atoms with Crippen molar-refractivity contribution in [2.45, 2.75) is 0 Å². The van der Waals surface area contributed by atoms with Gasteiger partial charge in [-0.3, -0.25) is 15.0 Å². The van der Waals surface area contributed by atoms with Gasteiger partial charge in [-0.05, 0) is 53.6 Å². The van der Waals surface area contributed by atoms with Gasteiger partial charge < -0.3 is 0 Å². The SMILES string of the molecule is C=Cc1ccccn1.C=Cc1ccncc1.C=Cc1ccncc1. The minimum atomic E-state index is 0.924. The molecule has 0 amide bonds. The smallest absolute Gasteiger partial charge is 0.0623 e. The fourth-order valence-corrected chi connectivity index (χ4v) is 1.50. The fourth-order valence-electron chi connectivity index (χ4n) is 1.50. The van der Waals surface area contributed by atoms with Crippen LogP contribution in [0.4, 0.5) is 0 Å². The number of hydrogen-bond donors (Lipinski definition) is 0. The predicted octanol–water partition coefficient (Wildman–Crippen LogP) is 5.17. The van der Waals surface area contributed by atoms with Gasteiger partial charge in [0.05, 0.1) is 5.69 Å². The fraction of sp³-hybridized carbons (Fsp3) is 0. The van der Waals surface area contributed by atoms with Gasteiger partial charge in [0.25, 0.3) is 0 Å². The summed E-state index contributed by atoms with van der Waals surface area (Å²) in [4.78, 5) is 11.7. The number of pyridine rings is 3. The first kappa shape index (κ1) is 18.7. The van der Waals surface area contributed by atoms with Gasteiger partial charge in [0.1, 0.15) is 0 Å². The van der Waals surface area contributed by atoms with Crippen molar-refractivity contribution in [3.63, 3.8) is 0 Å². The Morgan fingerprint density at radius 1 is 0.583 bits per heavy atom. The second-order valence-corrected chi connectivity index (χ2v) is 4.43. The number of rotatable bonds is 3. The molecule has 3 aromatic heterocycles. The zero-order valence-electron chi connectivity index (χ0n) is 13.6. The van der Waals surface area contributed by atoms with Gasteiger partial charge in [0.15, 0.2) is 0 Å². The Morgan fingerprint density at radius 2 is 1.08 bits per heavy atom. The summed E-state index contributed by atoms with van der Waals surface area (Å²) >= 11 is 0. The van der Waals surface area contributed by atoms with Crippen molar-refractivity contribution in [2.24, 2.45) is 0 Å². The van der Waals surface area contributed by atoms with Crippen LogP contribution in [0.3, 0.4) is 0 Å². The van der Waals surface area contributed by atoms with E-state index >= 15 is 0 Å². The molecular weight excluding hydrogens is 294 g/mol. The van der Waals surface area contributed by atoms with Crippen molar-refractivity contribution >= 4 is 18.2 Å². The molecule has 0 aliphatic heterocycles. The van der Waals surface area contributed by atoms with Crippen LogP contribution in [0.25, 0.3) is 18.2 Å².